The molecule has 1 aromatic heterocycles. The third-order valence-corrected chi connectivity index (χ3v) is 3.25. The van der Waals surface area contributed by atoms with Gasteiger partial charge in [0.05, 0.1) is 13.7 Å². The Morgan fingerprint density at radius 2 is 2.17 bits per heavy atom. The maximum atomic E-state index is 12.1. The lowest BCUT2D eigenvalue weighted by Gasteiger charge is -2.04. The summed E-state index contributed by atoms with van der Waals surface area (Å²) in [4.78, 5) is 12.1. The number of benzene rings is 1. The monoisotopic (exact) mass is 262 g/mol. The minimum absolute atomic E-state index is 0.0104. The van der Waals surface area contributed by atoms with Gasteiger partial charge in [-0.3, -0.25) is 4.79 Å². The van der Waals surface area contributed by atoms with Gasteiger partial charge in [-0.25, -0.2) is 0 Å². The number of ether oxygens (including phenoxy) is 1. The molecule has 0 aliphatic heterocycles. The number of carbonyl (C=O) groups is 1. The molecule has 0 aliphatic rings. The number of Topliss-reactive ketones (excluding diaryl/α,β-unsaturated/α-hetero) is 1. The van der Waals surface area contributed by atoms with Crippen LogP contribution in [0.1, 0.15) is 10.4 Å². The summed E-state index contributed by atoms with van der Waals surface area (Å²) in [5.74, 6) is 0.689. The number of hydrogen-bond donors (Lipinski definition) is 0. The van der Waals surface area contributed by atoms with Gasteiger partial charge in [0, 0.05) is 25.0 Å². The van der Waals surface area contributed by atoms with E-state index in [9.17, 15) is 4.79 Å². The fourth-order valence-electron chi connectivity index (χ4n) is 1.67. The van der Waals surface area contributed by atoms with Gasteiger partial charge in [-0.15, -0.1) is 0 Å². The molecular formula is C13H14N2O2S. The lowest BCUT2D eigenvalue weighted by atomic mass is 10.1. The van der Waals surface area contributed by atoms with Crippen molar-refractivity contribution in [3.63, 3.8) is 0 Å². The molecule has 18 heavy (non-hydrogen) atoms. The van der Waals surface area contributed by atoms with E-state index in [-0.39, 0.29) is 12.3 Å². The summed E-state index contributed by atoms with van der Waals surface area (Å²) in [5, 5.41) is 0. The molecule has 0 fully saturated rings. The van der Waals surface area contributed by atoms with E-state index in [1.54, 1.807) is 40.6 Å². The van der Waals surface area contributed by atoms with Gasteiger partial charge in [0.25, 0.3) is 0 Å². The van der Waals surface area contributed by atoms with Crippen LogP contribution in [-0.2, 0) is 13.6 Å². The molecule has 5 heteroatoms. The van der Waals surface area contributed by atoms with Crippen molar-refractivity contribution in [3.8, 4) is 5.75 Å². The second kappa shape index (κ2) is 5.18. The van der Waals surface area contributed by atoms with Gasteiger partial charge in [0.2, 0.25) is 0 Å². The summed E-state index contributed by atoms with van der Waals surface area (Å²) >= 11 is 5.19. The highest BCUT2D eigenvalue weighted by atomic mass is 32.1. The van der Waals surface area contributed by atoms with Gasteiger partial charge in [-0.2, -0.15) is 0 Å². The van der Waals surface area contributed by atoms with E-state index in [0.717, 1.165) is 0 Å². The number of nitrogens with zero attached hydrogens (tertiary/aromatic N) is 2. The fourth-order valence-corrected chi connectivity index (χ4v) is 1.86. The van der Waals surface area contributed by atoms with E-state index in [1.807, 2.05) is 19.3 Å². The zero-order chi connectivity index (χ0) is 13.1. The summed E-state index contributed by atoms with van der Waals surface area (Å²) in [6.07, 6.45) is 3.64. The molecule has 1 aromatic carbocycles. The van der Waals surface area contributed by atoms with Crippen molar-refractivity contribution in [1.29, 1.82) is 0 Å². The Balaban J connectivity index is 2.22. The molecular weight excluding hydrogens is 248 g/mol. The molecule has 4 nitrogen and oxygen atoms in total. The highest BCUT2D eigenvalue weighted by Gasteiger charge is 2.08. The van der Waals surface area contributed by atoms with Crippen LogP contribution in [0.5, 0.6) is 5.75 Å². The van der Waals surface area contributed by atoms with E-state index in [2.05, 4.69) is 0 Å². The summed E-state index contributed by atoms with van der Waals surface area (Å²) in [5.41, 5.74) is 0.625. The Morgan fingerprint density at radius 3 is 2.78 bits per heavy atom. The average Bonchev–Trinajstić information content (AvgIpc) is 2.71. The Kier molecular flexibility index (Phi) is 3.62. The highest BCUT2D eigenvalue weighted by molar-refractivity contribution is 7.71. The van der Waals surface area contributed by atoms with Crippen LogP contribution in [0.4, 0.5) is 0 Å². The first-order valence-corrected chi connectivity index (χ1v) is 5.91. The molecule has 2 rings (SSSR count). The second-order valence-corrected chi connectivity index (χ2v) is 4.34. The van der Waals surface area contributed by atoms with Gasteiger partial charge < -0.3 is 13.9 Å². The van der Waals surface area contributed by atoms with E-state index < -0.39 is 0 Å². The van der Waals surface area contributed by atoms with Gasteiger partial charge in [0.15, 0.2) is 10.6 Å². The Labute approximate surface area is 110 Å². The van der Waals surface area contributed by atoms with Crippen LogP contribution in [0.2, 0.25) is 0 Å². The van der Waals surface area contributed by atoms with Gasteiger partial charge in [0.1, 0.15) is 5.75 Å². The molecule has 94 valence electrons. The van der Waals surface area contributed by atoms with Gasteiger partial charge >= 0.3 is 0 Å². The first kappa shape index (κ1) is 12.6. The molecule has 0 saturated carbocycles. The lowest BCUT2D eigenvalue weighted by molar-refractivity contribution is 0.0971. The number of imidazole rings is 1. The molecule has 0 aliphatic carbocycles. The number of hydrogen-bond acceptors (Lipinski definition) is 3. The molecule has 0 bridgehead atoms. The van der Waals surface area contributed by atoms with E-state index >= 15 is 0 Å². The van der Waals surface area contributed by atoms with Crippen LogP contribution < -0.4 is 4.74 Å². The van der Waals surface area contributed by atoms with E-state index in [1.165, 1.54) is 0 Å². The molecule has 0 spiro atoms. The van der Waals surface area contributed by atoms with Crippen LogP contribution in [-0.4, -0.2) is 22.0 Å². The number of carbonyl (C=O) groups excluding carboxylic acids is 1. The molecule has 1 heterocycles. The first-order chi connectivity index (χ1) is 8.61. The minimum atomic E-state index is 0.0104. The summed E-state index contributed by atoms with van der Waals surface area (Å²) in [6.45, 7) is 0.243. The van der Waals surface area contributed by atoms with Crippen molar-refractivity contribution in [1.82, 2.24) is 9.13 Å². The van der Waals surface area contributed by atoms with Crippen LogP contribution in [0, 0.1) is 4.77 Å². The normalized spacial score (nSPS) is 10.3. The van der Waals surface area contributed by atoms with Crippen molar-refractivity contribution in [2.75, 3.05) is 7.11 Å². The Hall–Kier alpha value is -1.88. The zero-order valence-corrected chi connectivity index (χ0v) is 11.1. The Morgan fingerprint density at radius 1 is 1.39 bits per heavy atom. The number of aryl methyl sites for hydroxylation is 1. The predicted octanol–water partition coefficient (Wildman–Crippen LogP) is 2.45. The van der Waals surface area contributed by atoms with Crippen molar-refractivity contribution in [2.24, 2.45) is 7.05 Å². The average molecular weight is 262 g/mol. The van der Waals surface area contributed by atoms with Gasteiger partial charge in [-0.1, -0.05) is 12.1 Å². The maximum Gasteiger partial charge on any atom is 0.182 e. The molecule has 0 atom stereocenters. The van der Waals surface area contributed by atoms with Crippen molar-refractivity contribution >= 4 is 18.0 Å². The fraction of sp³-hybridized carbons (Fsp3) is 0.231. The molecule has 0 radical (unpaired) electrons. The standard InChI is InChI=1S/C13H14N2O2S/c1-14-6-7-15(13(14)18)9-12(16)10-4-3-5-11(8-10)17-2/h3-8H,9H2,1-2H3. The van der Waals surface area contributed by atoms with Crippen LogP contribution in [0.25, 0.3) is 0 Å². The third-order valence-electron chi connectivity index (χ3n) is 2.72. The zero-order valence-electron chi connectivity index (χ0n) is 10.3. The lowest BCUT2D eigenvalue weighted by Crippen LogP contribution is -2.10. The topological polar surface area (TPSA) is 36.2 Å². The third kappa shape index (κ3) is 2.51. The predicted molar refractivity (Wildman–Crippen MR) is 71.6 cm³/mol. The number of ketones is 1. The number of rotatable bonds is 4. The summed E-state index contributed by atoms with van der Waals surface area (Å²) < 4.78 is 9.28. The number of methoxy groups -OCH3 is 1. The summed E-state index contributed by atoms with van der Waals surface area (Å²) in [7, 11) is 3.44. The smallest absolute Gasteiger partial charge is 0.182 e. The number of aromatic nitrogens is 2. The van der Waals surface area contributed by atoms with Crippen molar-refractivity contribution in [2.45, 2.75) is 6.54 Å². The van der Waals surface area contributed by atoms with E-state index in [0.29, 0.717) is 16.1 Å². The molecule has 2 aromatic rings. The molecule has 0 N–H and O–H groups in total. The van der Waals surface area contributed by atoms with Crippen LogP contribution >= 0.6 is 12.2 Å². The first-order valence-electron chi connectivity index (χ1n) is 5.51. The SMILES string of the molecule is COc1cccc(C(=O)Cn2ccn(C)c2=S)c1. The van der Waals surface area contributed by atoms with Crippen LogP contribution in [0.3, 0.4) is 0 Å². The molecule has 0 saturated heterocycles. The highest BCUT2D eigenvalue weighted by Crippen LogP contribution is 2.13. The van der Waals surface area contributed by atoms with Gasteiger partial charge in [-0.05, 0) is 24.4 Å². The second-order valence-electron chi connectivity index (χ2n) is 3.97. The molecule has 0 amide bonds. The van der Waals surface area contributed by atoms with Crippen molar-refractivity contribution < 1.29 is 9.53 Å². The molecule has 0 unspecified atom stereocenters. The van der Waals surface area contributed by atoms with Crippen LogP contribution in [0.15, 0.2) is 36.7 Å². The largest absolute Gasteiger partial charge is 0.497 e. The minimum Gasteiger partial charge on any atom is -0.497 e. The quantitative estimate of drug-likeness (QED) is 0.627. The maximum absolute atomic E-state index is 12.1. The van der Waals surface area contributed by atoms with E-state index in [4.69, 9.17) is 17.0 Å². The summed E-state index contributed by atoms with van der Waals surface area (Å²) in [6, 6.07) is 7.12. The Bertz CT molecular complexity index is 628. The van der Waals surface area contributed by atoms with Crippen molar-refractivity contribution in [3.05, 3.63) is 47.0 Å².